The molecule has 0 spiro atoms. The molecule has 0 bridgehead atoms. The summed E-state index contributed by atoms with van der Waals surface area (Å²) in [5.74, 6) is 0.0331. The molecular weight excluding hydrogens is 400 g/mol. The van der Waals surface area contributed by atoms with E-state index in [4.69, 9.17) is 16.0 Å². The molecule has 0 saturated carbocycles. The highest BCUT2D eigenvalue weighted by molar-refractivity contribution is 7.89. The van der Waals surface area contributed by atoms with E-state index in [1.54, 1.807) is 18.2 Å². The Kier molecular flexibility index (Phi) is 5.88. The van der Waals surface area contributed by atoms with Gasteiger partial charge in [-0.1, -0.05) is 17.7 Å². The van der Waals surface area contributed by atoms with Gasteiger partial charge in [-0.3, -0.25) is 4.79 Å². The molecule has 146 valence electrons. The fraction of sp³-hybridized carbons (Fsp3) is 0.150. The predicted octanol–water partition coefficient (Wildman–Crippen LogP) is 4.28. The van der Waals surface area contributed by atoms with Gasteiger partial charge >= 0.3 is 0 Å². The van der Waals surface area contributed by atoms with Gasteiger partial charge in [-0.15, -0.1) is 0 Å². The fourth-order valence-corrected chi connectivity index (χ4v) is 4.05. The number of halogens is 1. The number of nitrogens with one attached hydrogen (secondary N) is 2. The smallest absolute Gasteiger partial charge is 0.255 e. The van der Waals surface area contributed by atoms with Gasteiger partial charge in [0.25, 0.3) is 5.91 Å². The molecule has 0 aliphatic heterocycles. The number of carbonyl (C=O) groups excluding carboxylic acids is 1. The van der Waals surface area contributed by atoms with E-state index in [2.05, 4.69) is 10.0 Å². The lowest BCUT2D eigenvalue weighted by Gasteiger charge is -2.11. The molecule has 1 heterocycles. The van der Waals surface area contributed by atoms with Crippen LogP contribution in [0.5, 0.6) is 0 Å². The normalized spacial score (nSPS) is 11.4. The average molecular weight is 419 g/mol. The van der Waals surface area contributed by atoms with Crippen LogP contribution in [0, 0.1) is 13.8 Å². The second-order valence-electron chi connectivity index (χ2n) is 6.30. The Labute approximate surface area is 168 Å². The van der Waals surface area contributed by atoms with Gasteiger partial charge in [-0.05, 0) is 67.4 Å². The SMILES string of the molecule is Cc1ccc(NC(=O)c2ccc(Cl)c(S(=O)(=O)NCc3ccco3)c2)cc1C. The summed E-state index contributed by atoms with van der Waals surface area (Å²) in [6.07, 6.45) is 1.45. The largest absolute Gasteiger partial charge is 0.468 e. The quantitative estimate of drug-likeness (QED) is 0.625. The third kappa shape index (κ3) is 4.62. The summed E-state index contributed by atoms with van der Waals surface area (Å²) in [6, 6.07) is 13.0. The van der Waals surface area contributed by atoms with Crippen molar-refractivity contribution in [1.82, 2.24) is 4.72 Å². The summed E-state index contributed by atoms with van der Waals surface area (Å²) in [6.45, 7) is 3.90. The molecule has 0 aliphatic carbocycles. The molecule has 2 N–H and O–H groups in total. The third-order valence-corrected chi connectivity index (χ3v) is 6.15. The number of aryl methyl sites for hydroxylation is 2. The number of anilines is 1. The van der Waals surface area contributed by atoms with Crippen molar-refractivity contribution in [2.45, 2.75) is 25.3 Å². The fourth-order valence-electron chi connectivity index (χ4n) is 2.53. The maximum Gasteiger partial charge on any atom is 0.255 e. The minimum Gasteiger partial charge on any atom is -0.468 e. The molecule has 3 rings (SSSR count). The highest BCUT2D eigenvalue weighted by Crippen LogP contribution is 2.24. The molecule has 3 aromatic rings. The van der Waals surface area contributed by atoms with Crippen molar-refractivity contribution in [3.05, 3.63) is 82.3 Å². The van der Waals surface area contributed by atoms with Crippen LogP contribution >= 0.6 is 11.6 Å². The highest BCUT2D eigenvalue weighted by atomic mass is 35.5. The lowest BCUT2D eigenvalue weighted by Crippen LogP contribution is -2.24. The van der Waals surface area contributed by atoms with Crippen LogP contribution in [0.3, 0.4) is 0 Å². The Morgan fingerprint density at radius 2 is 1.86 bits per heavy atom. The van der Waals surface area contributed by atoms with E-state index in [9.17, 15) is 13.2 Å². The number of hydrogen-bond acceptors (Lipinski definition) is 4. The molecule has 0 atom stereocenters. The van der Waals surface area contributed by atoms with Crippen molar-refractivity contribution in [3.63, 3.8) is 0 Å². The Morgan fingerprint density at radius 3 is 2.54 bits per heavy atom. The van der Waals surface area contributed by atoms with Crippen LogP contribution in [0.1, 0.15) is 27.2 Å². The Hall–Kier alpha value is -2.61. The van der Waals surface area contributed by atoms with Gasteiger partial charge in [-0.25, -0.2) is 13.1 Å². The third-order valence-electron chi connectivity index (χ3n) is 4.26. The summed E-state index contributed by atoms with van der Waals surface area (Å²) in [5.41, 5.74) is 2.96. The van der Waals surface area contributed by atoms with Gasteiger partial charge in [-0.2, -0.15) is 0 Å². The summed E-state index contributed by atoms with van der Waals surface area (Å²) < 4.78 is 32.7. The number of furan rings is 1. The van der Waals surface area contributed by atoms with Crippen LogP contribution in [-0.4, -0.2) is 14.3 Å². The van der Waals surface area contributed by atoms with E-state index in [0.717, 1.165) is 11.1 Å². The zero-order valence-electron chi connectivity index (χ0n) is 15.3. The highest BCUT2D eigenvalue weighted by Gasteiger charge is 2.20. The second kappa shape index (κ2) is 8.18. The first-order valence-electron chi connectivity index (χ1n) is 8.46. The number of carbonyl (C=O) groups is 1. The van der Waals surface area contributed by atoms with Crippen LogP contribution in [0.25, 0.3) is 0 Å². The van der Waals surface area contributed by atoms with Gasteiger partial charge in [0.2, 0.25) is 10.0 Å². The number of hydrogen-bond donors (Lipinski definition) is 2. The molecule has 0 saturated heterocycles. The van der Waals surface area contributed by atoms with Gasteiger partial charge in [0.05, 0.1) is 17.8 Å². The summed E-state index contributed by atoms with van der Waals surface area (Å²) in [7, 11) is -3.93. The zero-order chi connectivity index (χ0) is 20.3. The standard InChI is InChI=1S/C20H19ClN2O4S/c1-13-5-7-16(10-14(13)2)23-20(24)15-6-8-18(21)19(11-15)28(25,26)22-12-17-4-3-9-27-17/h3-11,22H,12H2,1-2H3,(H,23,24). The zero-order valence-corrected chi connectivity index (χ0v) is 16.9. The van der Waals surface area contributed by atoms with Crippen LogP contribution in [0.4, 0.5) is 5.69 Å². The average Bonchev–Trinajstić information content (AvgIpc) is 3.17. The van der Waals surface area contributed by atoms with E-state index >= 15 is 0 Å². The van der Waals surface area contributed by atoms with Gasteiger partial charge in [0.1, 0.15) is 10.7 Å². The van der Waals surface area contributed by atoms with Crippen molar-refractivity contribution >= 4 is 33.2 Å². The molecular formula is C20H19ClN2O4S. The maximum absolute atomic E-state index is 12.6. The molecule has 0 aliphatic rings. The topological polar surface area (TPSA) is 88.4 Å². The minimum atomic E-state index is -3.93. The first kappa shape index (κ1) is 20.1. The number of benzene rings is 2. The number of sulfonamides is 1. The van der Waals surface area contributed by atoms with Crippen LogP contribution in [0.2, 0.25) is 5.02 Å². The molecule has 1 aromatic heterocycles. The molecule has 2 aromatic carbocycles. The molecule has 6 nitrogen and oxygen atoms in total. The minimum absolute atomic E-state index is 0.0228. The van der Waals surface area contributed by atoms with Gasteiger partial charge < -0.3 is 9.73 Å². The van der Waals surface area contributed by atoms with Crippen LogP contribution in [0.15, 0.2) is 64.1 Å². The molecule has 1 amide bonds. The van der Waals surface area contributed by atoms with Crippen molar-refractivity contribution in [2.24, 2.45) is 0 Å². The van der Waals surface area contributed by atoms with Crippen molar-refractivity contribution in [1.29, 1.82) is 0 Å². The Balaban J connectivity index is 1.81. The summed E-state index contributed by atoms with van der Waals surface area (Å²) in [4.78, 5) is 12.4. The lowest BCUT2D eigenvalue weighted by molar-refractivity contribution is 0.102. The van der Waals surface area contributed by atoms with Crippen molar-refractivity contribution in [3.8, 4) is 0 Å². The second-order valence-corrected chi connectivity index (χ2v) is 8.44. The van der Waals surface area contributed by atoms with E-state index in [1.165, 1.54) is 24.5 Å². The summed E-state index contributed by atoms with van der Waals surface area (Å²) in [5, 5.41) is 2.79. The van der Waals surface area contributed by atoms with Crippen LogP contribution < -0.4 is 10.0 Å². The van der Waals surface area contributed by atoms with Gasteiger partial charge in [0, 0.05) is 11.3 Å². The molecule has 0 fully saturated rings. The first-order chi connectivity index (χ1) is 13.3. The Morgan fingerprint density at radius 1 is 1.07 bits per heavy atom. The van der Waals surface area contributed by atoms with E-state index in [0.29, 0.717) is 11.4 Å². The van der Waals surface area contributed by atoms with Crippen LogP contribution in [-0.2, 0) is 16.6 Å². The molecule has 28 heavy (non-hydrogen) atoms. The Bertz CT molecular complexity index is 1110. The first-order valence-corrected chi connectivity index (χ1v) is 10.3. The molecule has 0 unspecified atom stereocenters. The monoisotopic (exact) mass is 418 g/mol. The maximum atomic E-state index is 12.6. The van der Waals surface area contributed by atoms with Crippen molar-refractivity contribution in [2.75, 3.05) is 5.32 Å². The van der Waals surface area contributed by atoms with E-state index in [1.807, 2.05) is 26.0 Å². The predicted molar refractivity (Wildman–Crippen MR) is 108 cm³/mol. The van der Waals surface area contributed by atoms with Crippen molar-refractivity contribution < 1.29 is 17.6 Å². The molecule has 0 radical (unpaired) electrons. The number of rotatable bonds is 6. The number of amides is 1. The van der Waals surface area contributed by atoms with E-state index in [-0.39, 0.29) is 22.0 Å². The molecule has 8 heteroatoms. The lowest BCUT2D eigenvalue weighted by atomic mass is 10.1. The van der Waals surface area contributed by atoms with Gasteiger partial charge in [0.15, 0.2) is 0 Å². The summed E-state index contributed by atoms with van der Waals surface area (Å²) >= 11 is 6.07. The van der Waals surface area contributed by atoms with E-state index < -0.39 is 15.9 Å².